The molecule has 0 unspecified atom stereocenters. The van der Waals surface area contributed by atoms with E-state index >= 15 is 0 Å². The van der Waals surface area contributed by atoms with Gasteiger partial charge in [0, 0.05) is 35.2 Å². The average molecular weight is 271 g/mol. The summed E-state index contributed by atoms with van der Waals surface area (Å²) >= 11 is 0. The monoisotopic (exact) mass is 271 g/mol. The van der Waals surface area contributed by atoms with Crippen molar-refractivity contribution in [2.45, 2.75) is 13.5 Å². The lowest BCUT2D eigenvalue weighted by Gasteiger charge is -2.10. The smallest absolute Gasteiger partial charge is 0.251 e. The Labute approximate surface area is 117 Å². The molecule has 0 bridgehead atoms. The minimum absolute atomic E-state index is 0.153. The van der Waals surface area contributed by atoms with Crippen LogP contribution in [-0.4, -0.2) is 18.0 Å². The number of anilines is 1. The van der Waals surface area contributed by atoms with Crippen molar-refractivity contribution in [1.82, 2.24) is 10.3 Å². The fourth-order valence-electron chi connectivity index (χ4n) is 1.90. The zero-order valence-corrected chi connectivity index (χ0v) is 11.5. The Morgan fingerprint density at radius 2 is 2.15 bits per heavy atom. The molecule has 5 nitrogen and oxygen atoms in total. The van der Waals surface area contributed by atoms with Gasteiger partial charge in [0.25, 0.3) is 5.91 Å². The van der Waals surface area contributed by atoms with Gasteiger partial charge in [-0.3, -0.25) is 9.78 Å². The van der Waals surface area contributed by atoms with Crippen LogP contribution in [0, 0.1) is 6.92 Å². The number of nitrogens with one attached hydrogen (secondary N) is 1. The molecule has 1 aromatic heterocycles. The highest BCUT2D eigenvalue weighted by Gasteiger charge is 2.08. The quantitative estimate of drug-likeness (QED) is 0.833. The van der Waals surface area contributed by atoms with E-state index in [1.54, 1.807) is 43.6 Å². The topological polar surface area (TPSA) is 77.2 Å². The van der Waals surface area contributed by atoms with E-state index in [0.29, 0.717) is 23.5 Å². The van der Waals surface area contributed by atoms with Crippen molar-refractivity contribution in [2.24, 2.45) is 0 Å². The summed E-state index contributed by atoms with van der Waals surface area (Å²) in [5, 5.41) is 2.84. The van der Waals surface area contributed by atoms with Crippen LogP contribution in [0.15, 0.2) is 36.5 Å². The van der Waals surface area contributed by atoms with Crippen LogP contribution < -0.4 is 15.8 Å². The number of aromatic nitrogens is 1. The lowest BCUT2D eigenvalue weighted by molar-refractivity contribution is 0.0950. The molecule has 3 N–H and O–H groups in total. The molecule has 0 saturated carbocycles. The van der Waals surface area contributed by atoms with Crippen LogP contribution in [0.3, 0.4) is 0 Å². The number of carbonyl (C=O) groups is 1. The number of rotatable bonds is 4. The van der Waals surface area contributed by atoms with E-state index in [9.17, 15) is 4.79 Å². The van der Waals surface area contributed by atoms with Crippen LogP contribution >= 0.6 is 0 Å². The van der Waals surface area contributed by atoms with E-state index in [2.05, 4.69) is 10.3 Å². The second kappa shape index (κ2) is 6.06. The SMILES string of the molecule is COc1ccc(N)cc1CNC(=O)c1ccnc(C)c1. The number of nitrogens with two attached hydrogens (primary N) is 1. The van der Waals surface area contributed by atoms with Gasteiger partial charge in [-0.05, 0) is 37.3 Å². The summed E-state index contributed by atoms with van der Waals surface area (Å²) in [6, 6.07) is 8.76. The second-order valence-electron chi connectivity index (χ2n) is 4.44. The van der Waals surface area contributed by atoms with Gasteiger partial charge in [-0.1, -0.05) is 0 Å². The standard InChI is InChI=1S/C15H17N3O2/c1-10-7-11(5-6-17-10)15(19)18-9-12-8-13(16)3-4-14(12)20-2/h3-8H,9,16H2,1-2H3,(H,18,19). The Hall–Kier alpha value is -2.56. The van der Waals surface area contributed by atoms with Crippen LogP contribution in [0.1, 0.15) is 21.6 Å². The molecule has 20 heavy (non-hydrogen) atoms. The van der Waals surface area contributed by atoms with Gasteiger partial charge < -0.3 is 15.8 Å². The molecule has 0 aliphatic heterocycles. The first kappa shape index (κ1) is 13.9. The third-order valence-electron chi connectivity index (χ3n) is 2.90. The van der Waals surface area contributed by atoms with Crippen molar-refractivity contribution in [3.8, 4) is 5.75 Å². The van der Waals surface area contributed by atoms with Crippen molar-refractivity contribution in [1.29, 1.82) is 0 Å². The van der Waals surface area contributed by atoms with Crippen molar-refractivity contribution in [3.63, 3.8) is 0 Å². The molecule has 2 aromatic rings. The van der Waals surface area contributed by atoms with Crippen molar-refractivity contribution < 1.29 is 9.53 Å². The Morgan fingerprint density at radius 1 is 1.35 bits per heavy atom. The zero-order valence-electron chi connectivity index (χ0n) is 11.5. The second-order valence-corrected chi connectivity index (χ2v) is 4.44. The summed E-state index contributed by atoms with van der Waals surface area (Å²) in [6.07, 6.45) is 1.62. The molecule has 0 aliphatic carbocycles. The predicted octanol–water partition coefficient (Wildman–Crippen LogP) is 1.91. The van der Waals surface area contributed by atoms with Gasteiger partial charge in [0.2, 0.25) is 0 Å². The summed E-state index contributed by atoms with van der Waals surface area (Å²) in [5.74, 6) is 0.547. The van der Waals surface area contributed by atoms with Gasteiger partial charge in [0.1, 0.15) is 5.75 Å². The Kier molecular flexibility index (Phi) is 4.20. The molecule has 0 saturated heterocycles. The van der Waals surface area contributed by atoms with E-state index in [1.165, 1.54) is 0 Å². The zero-order chi connectivity index (χ0) is 14.5. The summed E-state index contributed by atoms with van der Waals surface area (Å²) < 4.78 is 5.24. The van der Waals surface area contributed by atoms with E-state index in [4.69, 9.17) is 10.5 Å². The van der Waals surface area contributed by atoms with Crippen molar-refractivity contribution in [3.05, 3.63) is 53.3 Å². The van der Waals surface area contributed by atoms with Crippen LogP contribution in [-0.2, 0) is 6.54 Å². The number of amides is 1. The average Bonchev–Trinajstić information content (AvgIpc) is 2.45. The molecule has 2 rings (SSSR count). The number of carbonyl (C=O) groups excluding carboxylic acids is 1. The number of hydrogen-bond donors (Lipinski definition) is 2. The molecule has 1 aromatic carbocycles. The van der Waals surface area contributed by atoms with E-state index in [-0.39, 0.29) is 5.91 Å². The van der Waals surface area contributed by atoms with Crippen LogP contribution in [0.4, 0.5) is 5.69 Å². The molecule has 1 amide bonds. The van der Waals surface area contributed by atoms with Crippen molar-refractivity contribution in [2.75, 3.05) is 12.8 Å². The first-order valence-electron chi connectivity index (χ1n) is 6.23. The number of nitrogen functional groups attached to an aromatic ring is 1. The van der Waals surface area contributed by atoms with Crippen LogP contribution in [0.25, 0.3) is 0 Å². The molecule has 0 radical (unpaired) electrons. The molecule has 0 aliphatic rings. The van der Waals surface area contributed by atoms with E-state index in [1.807, 2.05) is 6.92 Å². The van der Waals surface area contributed by atoms with Gasteiger partial charge in [0.15, 0.2) is 0 Å². The minimum atomic E-state index is -0.153. The normalized spacial score (nSPS) is 10.1. The number of hydrogen-bond acceptors (Lipinski definition) is 4. The van der Waals surface area contributed by atoms with E-state index < -0.39 is 0 Å². The predicted molar refractivity (Wildman–Crippen MR) is 77.6 cm³/mol. The molecule has 104 valence electrons. The summed E-state index contributed by atoms with van der Waals surface area (Å²) in [4.78, 5) is 16.1. The lowest BCUT2D eigenvalue weighted by Crippen LogP contribution is -2.23. The molecule has 1 heterocycles. The Bertz CT molecular complexity index is 626. The summed E-state index contributed by atoms with van der Waals surface area (Å²) in [7, 11) is 1.59. The van der Waals surface area contributed by atoms with E-state index in [0.717, 1.165) is 11.3 Å². The lowest BCUT2D eigenvalue weighted by atomic mass is 10.1. The maximum absolute atomic E-state index is 12.0. The van der Waals surface area contributed by atoms with Gasteiger partial charge in [0.05, 0.1) is 7.11 Å². The van der Waals surface area contributed by atoms with Crippen LogP contribution in [0.5, 0.6) is 5.75 Å². The van der Waals surface area contributed by atoms with Gasteiger partial charge in [-0.15, -0.1) is 0 Å². The fourth-order valence-corrected chi connectivity index (χ4v) is 1.90. The molecule has 0 atom stereocenters. The number of benzene rings is 1. The first-order valence-corrected chi connectivity index (χ1v) is 6.23. The summed E-state index contributed by atoms with van der Waals surface area (Å²) in [6.45, 7) is 2.20. The highest BCUT2D eigenvalue weighted by Crippen LogP contribution is 2.20. The molecule has 0 spiro atoms. The number of methoxy groups -OCH3 is 1. The van der Waals surface area contributed by atoms with Gasteiger partial charge in [-0.25, -0.2) is 0 Å². The maximum Gasteiger partial charge on any atom is 0.251 e. The largest absolute Gasteiger partial charge is 0.496 e. The highest BCUT2D eigenvalue weighted by molar-refractivity contribution is 5.94. The molecular weight excluding hydrogens is 254 g/mol. The maximum atomic E-state index is 12.0. The molecule has 0 fully saturated rings. The number of ether oxygens (including phenoxy) is 1. The van der Waals surface area contributed by atoms with Gasteiger partial charge >= 0.3 is 0 Å². The first-order chi connectivity index (χ1) is 9.60. The Morgan fingerprint density at radius 3 is 2.85 bits per heavy atom. The molecular formula is C15H17N3O2. The number of nitrogens with zero attached hydrogens (tertiary/aromatic N) is 1. The van der Waals surface area contributed by atoms with Crippen LogP contribution in [0.2, 0.25) is 0 Å². The third-order valence-corrected chi connectivity index (χ3v) is 2.90. The fraction of sp³-hybridized carbons (Fsp3) is 0.200. The Balaban J connectivity index is 2.09. The highest BCUT2D eigenvalue weighted by atomic mass is 16.5. The summed E-state index contributed by atoms with van der Waals surface area (Å²) in [5.41, 5.74) is 8.61. The molecule has 5 heteroatoms. The third kappa shape index (κ3) is 3.26. The van der Waals surface area contributed by atoms with Gasteiger partial charge in [-0.2, -0.15) is 0 Å². The number of pyridine rings is 1. The van der Waals surface area contributed by atoms with Crippen molar-refractivity contribution >= 4 is 11.6 Å². The minimum Gasteiger partial charge on any atom is -0.496 e. The number of aryl methyl sites for hydroxylation is 1.